The summed E-state index contributed by atoms with van der Waals surface area (Å²) in [5, 5.41) is 0. The minimum absolute atomic E-state index is 0.0382. The second kappa shape index (κ2) is 5.34. The summed E-state index contributed by atoms with van der Waals surface area (Å²) in [6.45, 7) is 7.14. The minimum Gasteiger partial charge on any atom is -0.377 e. The second-order valence-electron chi connectivity index (χ2n) is 7.30. The molecule has 1 saturated heterocycles. The van der Waals surface area contributed by atoms with E-state index in [2.05, 4.69) is 36.8 Å². The van der Waals surface area contributed by atoms with Crippen LogP contribution in [-0.4, -0.2) is 41.7 Å². The number of aromatic nitrogens is 1. The Morgan fingerprint density at radius 2 is 2.24 bits per heavy atom. The summed E-state index contributed by atoms with van der Waals surface area (Å²) in [5.74, 6) is 0.493. The number of fused-ring (bicyclic) bond motifs is 1. The highest BCUT2D eigenvalue weighted by atomic mass is 16.5. The van der Waals surface area contributed by atoms with Gasteiger partial charge < -0.3 is 10.5 Å². The Labute approximate surface area is 127 Å². The third-order valence-electron chi connectivity index (χ3n) is 5.58. The van der Waals surface area contributed by atoms with Gasteiger partial charge >= 0.3 is 0 Å². The van der Waals surface area contributed by atoms with Gasteiger partial charge in [0.2, 0.25) is 0 Å². The molecule has 1 saturated carbocycles. The molecule has 2 heterocycles. The van der Waals surface area contributed by atoms with Crippen molar-refractivity contribution in [2.45, 2.75) is 44.9 Å². The van der Waals surface area contributed by atoms with E-state index in [0.29, 0.717) is 12.0 Å². The first-order valence-electron chi connectivity index (χ1n) is 7.94. The third kappa shape index (κ3) is 2.39. The van der Waals surface area contributed by atoms with Gasteiger partial charge in [-0.25, -0.2) is 0 Å². The van der Waals surface area contributed by atoms with Crippen molar-refractivity contribution in [2.24, 2.45) is 17.1 Å². The molecule has 21 heavy (non-hydrogen) atoms. The van der Waals surface area contributed by atoms with E-state index in [0.717, 1.165) is 31.8 Å². The smallest absolute Gasteiger partial charge is 0.0690 e. The van der Waals surface area contributed by atoms with Crippen molar-refractivity contribution in [3.8, 4) is 0 Å². The Morgan fingerprint density at radius 1 is 1.43 bits per heavy atom. The fourth-order valence-electron chi connectivity index (χ4n) is 4.26. The van der Waals surface area contributed by atoms with Gasteiger partial charge in [-0.05, 0) is 32.0 Å². The van der Waals surface area contributed by atoms with Gasteiger partial charge in [0.15, 0.2) is 0 Å². The minimum atomic E-state index is -0.165. The standard InChI is InChI=1S/C17H27N3O/c1-16(2)15-14(8-6-10-21-15)17(16,18)12-20(3)11-13-7-4-5-9-19-13/h4-5,7,9,14-15H,6,8,10-12,18H2,1-3H3. The van der Waals surface area contributed by atoms with Crippen molar-refractivity contribution < 1.29 is 4.74 Å². The van der Waals surface area contributed by atoms with Crippen LogP contribution in [0.3, 0.4) is 0 Å². The number of likely N-dealkylation sites (N-methyl/N-ethyl adjacent to an activating group) is 1. The van der Waals surface area contributed by atoms with Gasteiger partial charge in [0, 0.05) is 42.8 Å². The molecule has 2 aliphatic rings. The third-order valence-corrected chi connectivity index (χ3v) is 5.58. The maximum Gasteiger partial charge on any atom is 0.0690 e. The molecule has 3 rings (SSSR count). The van der Waals surface area contributed by atoms with Gasteiger partial charge in [-0.2, -0.15) is 0 Å². The molecule has 1 aliphatic heterocycles. The Morgan fingerprint density at radius 3 is 2.95 bits per heavy atom. The Bertz CT molecular complexity index is 490. The molecule has 3 unspecified atom stereocenters. The van der Waals surface area contributed by atoms with Crippen LogP contribution in [0.25, 0.3) is 0 Å². The lowest BCUT2D eigenvalue weighted by molar-refractivity contribution is -0.231. The molecule has 0 aromatic carbocycles. The lowest BCUT2D eigenvalue weighted by Gasteiger charge is -2.67. The Hall–Kier alpha value is -0.970. The van der Waals surface area contributed by atoms with Crippen LogP contribution in [0.2, 0.25) is 0 Å². The van der Waals surface area contributed by atoms with Crippen molar-refractivity contribution in [3.05, 3.63) is 30.1 Å². The fraction of sp³-hybridized carbons (Fsp3) is 0.706. The molecular formula is C17H27N3O. The maximum absolute atomic E-state index is 6.85. The average molecular weight is 289 g/mol. The lowest BCUT2D eigenvalue weighted by Crippen LogP contribution is -2.80. The molecule has 3 atom stereocenters. The van der Waals surface area contributed by atoms with E-state index >= 15 is 0 Å². The summed E-state index contributed by atoms with van der Waals surface area (Å²) in [6, 6.07) is 6.05. The van der Waals surface area contributed by atoms with Gasteiger partial charge in [-0.1, -0.05) is 19.9 Å². The highest BCUT2D eigenvalue weighted by Gasteiger charge is 2.66. The molecule has 1 aromatic heterocycles. The van der Waals surface area contributed by atoms with Crippen LogP contribution < -0.4 is 5.73 Å². The number of nitrogens with two attached hydrogens (primary N) is 1. The first kappa shape index (κ1) is 14.9. The van der Waals surface area contributed by atoms with E-state index < -0.39 is 0 Å². The van der Waals surface area contributed by atoms with Gasteiger partial charge in [-0.3, -0.25) is 9.88 Å². The van der Waals surface area contributed by atoms with Crippen LogP contribution in [0.15, 0.2) is 24.4 Å². The van der Waals surface area contributed by atoms with E-state index in [1.54, 1.807) is 0 Å². The summed E-state index contributed by atoms with van der Waals surface area (Å²) in [5.41, 5.74) is 7.82. The summed E-state index contributed by atoms with van der Waals surface area (Å²) in [6.07, 6.45) is 4.52. The monoisotopic (exact) mass is 289 g/mol. The van der Waals surface area contributed by atoms with E-state index in [9.17, 15) is 0 Å². The van der Waals surface area contributed by atoms with Gasteiger partial charge in [-0.15, -0.1) is 0 Å². The SMILES string of the molecule is CN(Cc1ccccn1)CC1(N)C2CCCOC2C1(C)C. The van der Waals surface area contributed by atoms with Crippen molar-refractivity contribution >= 4 is 0 Å². The highest BCUT2D eigenvalue weighted by Crippen LogP contribution is 2.57. The Balaban J connectivity index is 1.68. The van der Waals surface area contributed by atoms with Crippen LogP contribution in [0.1, 0.15) is 32.4 Å². The zero-order valence-electron chi connectivity index (χ0n) is 13.4. The zero-order valence-corrected chi connectivity index (χ0v) is 13.4. The predicted octanol–water partition coefficient (Wildman–Crippen LogP) is 2.05. The number of hydrogen-bond donors (Lipinski definition) is 1. The molecule has 4 nitrogen and oxygen atoms in total. The molecule has 4 heteroatoms. The summed E-state index contributed by atoms with van der Waals surface area (Å²) >= 11 is 0. The first-order chi connectivity index (χ1) is 9.95. The molecule has 2 fully saturated rings. The zero-order chi connectivity index (χ0) is 15.1. The summed E-state index contributed by atoms with van der Waals surface area (Å²) in [4.78, 5) is 6.70. The molecule has 0 spiro atoms. The van der Waals surface area contributed by atoms with Gasteiger partial charge in [0.05, 0.1) is 11.8 Å². The van der Waals surface area contributed by atoms with E-state index in [-0.39, 0.29) is 11.0 Å². The van der Waals surface area contributed by atoms with Crippen LogP contribution in [0, 0.1) is 11.3 Å². The van der Waals surface area contributed by atoms with Crippen molar-refractivity contribution in [2.75, 3.05) is 20.2 Å². The van der Waals surface area contributed by atoms with E-state index in [1.165, 1.54) is 6.42 Å². The molecule has 0 amide bonds. The largest absolute Gasteiger partial charge is 0.377 e. The normalized spacial score (nSPS) is 34.3. The number of hydrogen-bond acceptors (Lipinski definition) is 4. The van der Waals surface area contributed by atoms with Crippen LogP contribution in [0.4, 0.5) is 0 Å². The van der Waals surface area contributed by atoms with Gasteiger partial charge in [0.1, 0.15) is 0 Å². The molecule has 0 bridgehead atoms. The van der Waals surface area contributed by atoms with E-state index in [1.807, 2.05) is 18.3 Å². The number of nitrogens with zero attached hydrogens (tertiary/aromatic N) is 2. The van der Waals surface area contributed by atoms with Crippen LogP contribution in [-0.2, 0) is 11.3 Å². The number of rotatable bonds is 4. The van der Waals surface area contributed by atoms with Crippen molar-refractivity contribution in [1.29, 1.82) is 0 Å². The number of ether oxygens (including phenoxy) is 1. The quantitative estimate of drug-likeness (QED) is 0.921. The molecule has 2 N–H and O–H groups in total. The van der Waals surface area contributed by atoms with Gasteiger partial charge in [0.25, 0.3) is 0 Å². The first-order valence-corrected chi connectivity index (χ1v) is 7.94. The molecule has 0 radical (unpaired) electrons. The Kier molecular flexibility index (Phi) is 3.80. The average Bonchev–Trinajstić information content (AvgIpc) is 2.48. The molecule has 116 valence electrons. The number of pyridine rings is 1. The predicted molar refractivity (Wildman–Crippen MR) is 83.7 cm³/mol. The van der Waals surface area contributed by atoms with Crippen molar-refractivity contribution in [3.63, 3.8) is 0 Å². The van der Waals surface area contributed by atoms with E-state index in [4.69, 9.17) is 10.5 Å². The van der Waals surface area contributed by atoms with Crippen LogP contribution >= 0.6 is 0 Å². The fourth-order valence-corrected chi connectivity index (χ4v) is 4.26. The molecule has 1 aliphatic carbocycles. The highest BCUT2D eigenvalue weighted by molar-refractivity contribution is 5.21. The van der Waals surface area contributed by atoms with Crippen molar-refractivity contribution in [1.82, 2.24) is 9.88 Å². The molecule has 1 aromatic rings. The summed E-state index contributed by atoms with van der Waals surface area (Å²) < 4.78 is 5.98. The molecular weight excluding hydrogens is 262 g/mol. The maximum atomic E-state index is 6.85. The van der Waals surface area contributed by atoms with Crippen LogP contribution in [0.5, 0.6) is 0 Å². The topological polar surface area (TPSA) is 51.4 Å². The second-order valence-corrected chi connectivity index (χ2v) is 7.30. The summed E-state index contributed by atoms with van der Waals surface area (Å²) in [7, 11) is 2.14. The lowest BCUT2D eigenvalue weighted by atomic mass is 9.46.